The van der Waals surface area contributed by atoms with Crippen LogP contribution in [0.4, 0.5) is 11.4 Å². The van der Waals surface area contributed by atoms with E-state index in [9.17, 15) is 4.79 Å². The van der Waals surface area contributed by atoms with Gasteiger partial charge in [-0.15, -0.1) is 0 Å². The van der Waals surface area contributed by atoms with Gasteiger partial charge in [-0.3, -0.25) is 4.79 Å². The normalized spacial score (nSPS) is 10.2. The minimum Gasteiger partial charge on any atom is -0.515 e. The minimum atomic E-state index is -0.382. The first kappa shape index (κ1) is 9.12. The number of anilines is 2. The van der Waals surface area contributed by atoms with E-state index in [1.54, 1.807) is 24.3 Å². The topological polar surface area (TPSA) is 75.3 Å². The van der Waals surface area contributed by atoms with Crippen molar-refractivity contribution in [3.05, 3.63) is 36.6 Å². The van der Waals surface area contributed by atoms with Crippen LogP contribution in [0.25, 0.3) is 0 Å². The molecule has 0 unspecified atom stereocenters. The molecule has 0 atom stereocenters. The third kappa shape index (κ3) is 2.86. The summed E-state index contributed by atoms with van der Waals surface area (Å²) in [5.74, 6) is -0.382. The van der Waals surface area contributed by atoms with Gasteiger partial charge in [0.15, 0.2) is 0 Å². The van der Waals surface area contributed by atoms with E-state index in [1.165, 1.54) is 0 Å². The number of aliphatic hydroxyl groups excluding tert-OH is 1. The van der Waals surface area contributed by atoms with E-state index in [-0.39, 0.29) is 5.91 Å². The van der Waals surface area contributed by atoms with Gasteiger partial charge in [-0.1, -0.05) is 0 Å². The summed E-state index contributed by atoms with van der Waals surface area (Å²) in [5, 5.41) is 10.8. The van der Waals surface area contributed by atoms with Gasteiger partial charge in [-0.25, -0.2) is 0 Å². The van der Waals surface area contributed by atoms with Gasteiger partial charge < -0.3 is 16.2 Å². The summed E-state index contributed by atoms with van der Waals surface area (Å²) in [6.45, 7) is 0. The Morgan fingerprint density at radius 3 is 2.54 bits per heavy atom. The number of rotatable bonds is 2. The van der Waals surface area contributed by atoms with Crippen LogP contribution < -0.4 is 11.1 Å². The van der Waals surface area contributed by atoms with E-state index in [0.717, 1.165) is 6.08 Å². The molecule has 4 N–H and O–H groups in total. The molecule has 0 saturated carbocycles. The van der Waals surface area contributed by atoms with Crippen molar-refractivity contribution >= 4 is 17.3 Å². The van der Waals surface area contributed by atoms with Crippen LogP contribution in [0.2, 0.25) is 0 Å². The molecular formula is C9H10N2O2. The Bertz CT molecular complexity index is 317. The van der Waals surface area contributed by atoms with E-state index in [4.69, 9.17) is 10.8 Å². The van der Waals surface area contributed by atoms with Crippen LogP contribution in [-0.2, 0) is 4.79 Å². The zero-order valence-electron chi connectivity index (χ0n) is 6.90. The van der Waals surface area contributed by atoms with Crippen molar-refractivity contribution < 1.29 is 9.90 Å². The van der Waals surface area contributed by atoms with Crippen molar-refractivity contribution in [2.45, 2.75) is 0 Å². The molecule has 4 heteroatoms. The molecule has 0 aliphatic carbocycles. The Morgan fingerprint density at radius 1 is 1.38 bits per heavy atom. The van der Waals surface area contributed by atoms with E-state index in [0.29, 0.717) is 17.6 Å². The largest absolute Gasteiger partial charge is 0.515 e. The Labute approximate surface area is 75.7 Å². The lowest BCUT2D eigenvalue weighted by atomic mass is 10.3. The van der Waals surface area contributed by atoms with Crippen molar-refractivity contribution in [3.8, 4) is 0 Å². The highest BCUT2D eigenvalue weighted by atomic mass is 16.2. The molecule has 0 aromatic heterocycles. The maximum absolute atomic E-state index is 10.9. The lowest BCUT2D eigenvalue weighted by Crippen LogP contribution is -2.07. The van der Waals surface area contributed by atoms with Crippen molar-refractivity contribution in [2.24, 2.45) is 0 Å². The second-order valence-electron chi connectivity index (χ2n) is 2.43. The van der Waals surface area contributed by atoms with Crippen LogP contribution in [0.5, 0.6) is 0 Å². The van der Waals surface area contributed by atoms with Crippen LogP contribution in [-0.4, -0.2) is 11.0 Å². The Hall–Kier alpha value is -1.97. The first-order valence-electron chi connectivity index (χ1n) is 3.69. The fourth-order valence-electron chi connectivity index (χ4n) is 0.818. The van der Waals surface area contributed by atoms with Gasteiger partial charge in [0.25, 0.3) is 5.91 Å². The molecular weight excluding hydrogens is 168 g/mol. The second-order valence-corrected chi connectivity index (χ2v) is 2.43. The van der Waals surface area contributed by atoms with Crippen LogP contribution in [0.15, 0.2) is 36.6 Å². The van der Waals surface area contributed by atoms with Gasteiger partial charge in [-0.05, 0) is 24.3 Å². The van der Waals surface area contributed by atoms with Crippen LogP contribution in [0.3, 0.4) is 0 Å². The number of amides is 1. The SMILES string of the molecule is Nc1ccc(NC(=O)C=CO)cc1. The first-order valence-corrected chi connectivity index (χ1v) is 3.69. The van der Waals surface area contributed by atoms with Crippen molar-refractivity contribution in [1.29, 1.82) is 0 Å². The zero-order chi connectivity index (χ0) is 9.68. The number of nitrogens with one attached hydrogen (secondary N) is 1. The molecule has 4 nitrogen and oxygen atoms in total. The standard InChI is InChI=1S/C9H10N2O2/c10-7-1-3-8(4-2-7)11-9(13)5-6-12/h1-6,12H,10H2,(H,11,13). The molecule has 0 heterocycles. The van der Waals surface area contributed by atoms with Crippen LogP contribution in [0.1, 0.15) is 0 Å². The number of carbonyl (C=O) groups excluding carboxylic acids is 1. The molecule has 1 aromatic carbocycles. The summed E-state index contributed by atoms with van der Waals surface area (Å²) in [5.41, 5.74) is 6.72. The lowest BCUT2D eigenvalue weighted by molar-refractivity contribution is -0.112. The molecule has 13 heavy (non-hydrogen) atoms. The lowest BCUT2D eigenvalue weighted by Gasteiger charge is -2.01. The van der Waals surface area contributed by atoms with Gasteiger partial charge in [0, 0.05) is 17.5 Å². The fraction of sp³-hybridized carbons (Fsp3) is 0. The predicted molar refractivity (Wildman–Crippen MR) is 51.3 cm³/mol. The minimum absolute atomic E-state index is 0.382. The van der Waals surface area contributed by atoms with Gasteiger partial charge in [0.2, 0.25) is 0 Å². The highest BCUT2D eigenvalue weighted by Gasteiger charge is 1.95. The third-order valence-corrected chi connectivity index (χ3v) is 1.40. The fourth-order valence-corrected chi connectivity index (χ4v) is 0.818. The number of nitrogen functional groups attached to an aromatic ring is 1. The summed E-state index contributed by atoms with van der Waals surface area (Å²) in [6, 6.07) is 6.72. The van der Waals surface area contributed by atoms with Crippen molar-refractivity contribution in [1.82, 2.24) is 0 Å². The van der Waals surface area contributed by atoms with Gasteiger partial charge in [0.05, 0.1) is 6.26 Å². The summed E-state index contributed by atoms with van der Waals surface area (Å²) in [4.78, 5) is 10.9. The van der Waals surface area contributed by atoms with Gasteiger partial charge >= 0.3 is 0 Å². The van der Waals surface area contributed by atoms with E-state index >= 15 is 0 Å². The maximum atomic E-state index is 10.9. The molecule has 1 aromatic rings. The average molecular weight is 178 g/mol. The zero-order valence-corrected chi connectivity index (χ0v) is 6.90. The molecule has 0 aliphatic rings. The van der Waals surface area contributed by atoms with Gasteiger partial charge in [0.1, 0.15) is 0 Å². The molecule has 0 fully saturated rings. The van der Waals surface area contributed by atoms with Crippen LogP contribution >= 0.6 is 0 Å². The summed E-state index contributed by atoms with van der Waals surface area (Å²) < 4.78 is 0. The number of nitrogens with two attached hydrogens (primary N) is 1. The van der Waals surface area contributed by atoms with Crippen LogP contribution in [0, 0.1) is 0 Å². The molecule has 0 spiro atoms. The number of hydrogen-bond acceptors (Lipinski definition) is 3. The monoisotopic (exact) mass is 178 g/mol. The molecule has 1 rings (SSSR count). The van der Waals surface area contributed by atoms with Gasteiger partial charge in [-0.2, -0.15) is 0 Å². The second kappa shape index (κ2) is 4.15. The Morgan fingerprint density at radius 2 is 2.00 bits per heavy atom. The van der Waals surface area contributed by atoms with E-state index < -0.39 is 0 Å². The number of benzene rings is 1. The highest BCUT2D eigenvalue weighted by molar-refractivity contribution is 5.99. The average Bonchev–Trinajstić information content (AvgIpc) is 2.09. The Kier molecular flexibility index (Phi) is 2.92. The summed E-state index contributed by atoms with van der Waals surface area (Å²) in [7, 11) is 0. The van der Waals surface area contributed by atoms with E-state index in [1.807, 2.05) is 0 Å². The first-order chi connectivity index (χ1) is 6.22. The molecule has 0 saturated heterocycles. The number of hydrogen-bond donors (Lipinski definition) is 3. The molecule has 68 valence electrons. The smallest absolute Gasteiger partial charge is 0.251 e. The van der Waals surface area contributed by atoms with Crippen molar-refractivity contribution in [2.75, 3.05) is 11.1 Å². The third-order valence-electron chi connectivity index (χ3n) is 1.40. The number of carbonyl (C=O) groups is 1. The molecule has 0 aliphatic heterocycles. The summed E-state index contributed by atoms with van der Waals surface area (Å²) >= 11 is 0. The molecule has 0 bridgehead atoms. The highest BCUT2D eigenvalue weighted by Crippen LogP contribution is 2.09. The van der Waals surface area contributed by atoms with Crippen molar-refractivity contribution in [3.63, 3.8) is 0 Å². The molecule has 1 amide bonds. The molecule has 0 radical (unpaired) electrons. The van der Waals surface area contributed by atoms with E-state index in [2.05, 4.69) is 5.32 Å². The summed E-state index contributed by atoms with van der Waals surface area (Å²) in [6.07, 6.45) is 1.71. The predicted octanol–water partition coefficient (Wildman–Crippen LogP) is 1.28. The Balaban J connectivity index is 2.64. The number of aliphatic hydroxyl groups is 1. The maximum Gasteiger partial charge on any atom is 0.251 e. The quantitative estimate of drug-likeness (QED) is 0.362.